The number of nitrogens with zero attached hydrogens (tertiary/aromatic N) is 1. The van der Waals surface area contributed by atoms with Gasteiger partial charge in [0.25, 0.3) is 0 Å². The van der Waals surface area contributed by atoms with E-state index in [9.17, 15) is 10.1 Å². The largest absolute Gasteiger partial charge is 0.493 e. The molecule has 2 aliphatic rings. The van der Waals surface area contributed by atoms with Crippen LogP contribution in [0.5, 0.6) is 11.5 Å². The molecule has 0 radical (unpaired) electrons. The minimum Gasteiger partial charge on any atom is -0.493 e. The lowest BCUT2D eigenvalue weighted by atomic mass is 9.94. The second-order valence-corrected chi connectivity index (χ2v) is 4.89. The molecule has 19 heavy (non-hydrogen) atoms. The Kier molecular flexibility index (Phi) is 2.69. The van der Waals surface area contributed by atoms with Gasteiger partial charge in [-0.3, -0.25) is 10.1 Å². The predicted octanol–water partition coefficient (Wildman–Crippen LogP) is 2.50. The molecule has 0 saturated carbocycles. The Morgan fingerprint density at radius 3 is 2.53 bits per heavy atom. The smallest absolute Gasteiger partial charge is 0.243 e. The molecule has 0 unspecified atom stereocenters. The van der Waals surface area contributed by atoms with Crippen LogP contribution < -0.4 is 9.47 Å². The van der Waals surface area contributed by atoms with Gasteiger partial charge in [-0.1, -0.05) is 0 Å². The van der Waals surface area contributed by atoms with Crippen molar-refractivity contribution in [1.29, 1.82) is 0 Å². The Morgan fingerprint density at radius 1 is 1.21 bits per heavy atom. The number of allylic oxidation sites excluding steroid dienone is 1. The van der Waals surface area contributed by atoms with Gasteiger partial charge < -0.3 is 9.47 Å². The molecule has 0 spiro atoms. The Balaban J connectivity index is 2.25. The highest BCUT2D eigenvalue weighted by molar-refractivity contribution is 5.72. The molecule has 0 N–H and O–H groups in total. The van der Waals surface area contributed by atoms with Crippen LogP contribution in [0, 0.1) is 17.0 Å². The van der Waals surface area contributed by atoms with Crippen LogP contribution in [0.15, 0.2) is 5.70 Å². The number of fused-ring (bicyclic) bond motifs is 2. The molecule has 1 aromatic rings. The van der Waals surface area contributed by atoms with Crippen molar-refractivity contribution in [3.8, 4) is 11.5 Å². The molecule has 0 bridgehead atoms. The van der Waals surface area contributed by atoms with Crippen molar-refractivity contribution in [2.75, 3.05) is 13.2 Å². The summed E-state index contributed by atoms with van der Waals surface area (Å²) in [6.45, 7) is 4.81. The van der Waals surface area contributed by atoms with E-state index >= 15 is 0 Å². The molecular formula is C14H15NO4. The zero-order valence-corrected chi connectivity index (χ0v) is 11.0. The first-order chi connectivity index (χ1) is 9.09. The SMILES string of the molecule is C/C(=C\c1c2c(c(C)c3c1OCC3)OCC2)[N+](=O)[O-]. The fraction of sp³-hybridized carbons (Fsp3) is 0.429. The molecule has 5 heteroatoms. The fourth-order valence-corrected chi connectivity index (χ4v) is 2.79. The zero-order chi connectivity index (χ0) is 13.6. The van der Waals surface area contributed by atoms with Crippen molar-refractivity contribution >= 4 is 6.08 Å². The van der Waals surface area contributed by atoms with E-state index in [1.54, 1.807) is 6.08 Å². The third-order valence-electron chi connectivity index (χ3n) is 3.75. The van der Waals surface area contributed by atoms with Gasteiger partial charge in [-0.25, -0.2) is 0 Å². The Labute approximate surface area is 111 Å². The van der Waals surface area contributed by atoms with Gasteiger partial charge in [0.2, 0.25) is 5.70 Å². The molecule has 2 aliphatic heterocycles. The molecule has 0 aromatic heterocycles. The minimum atomic E-state index is -0.372. The minimum absolute atomic E-state index is 0.121. The number of benzene rings is 1. The van der Waals surface area contributed by atoms with Crippen LogP contribution in [0.2, 0.25) is 0 Å². The number of ether oxygens (including phenoxy) is 2. The molecule has 2 heterocycles. The Hall–Kier alpha value is -2.04. The first kappa shape index (κ1) is 12.0. The first-order valence-electron chi connectivity index (χ1n) is 6.36. The van der Waals surface area contributed by atoms with Crippen molar-refractivity contribution in [1.82, 2.24) is 0 Å². The van der Waals surface area contributed by atoms with Crippen LogP contribution in [0.3, 0.4) is 0 Å². The summed E-state index contributed by atoms with van der Waals surface area (Å²) < 4.78 is 11.4. The van der Waals surface area contributed by atoms with Crippen molar-refractivity contribution in [3.05, 3.63) is 38.1 Å². The summed E-state index contributed by atoms with van der Waals surface area (Å²) in [5, 5.41) is 10.8. The van der Waals surface area contributed by atoms with Crippen molar-refractivity contribution in [3.63, 3.8) is 0 Å². The van der Waals surface area contributed by atoms with Crippen LogP contribution in [0.25, 0.3) is 6.08 Å². The van der Waals surface area contributed by atoms with Gasteiger partial charge in [-0.2, -0.15) is 0 Å². The lowest BCUT2D eigenvalue weighted by Crippen LogP contribution is -1.98. The van der Waals surface area contributed by atoms with Crippen LogP contribution in [-0.4, -0.2) is 18.1 Å². The summed E-state index contributed by atoms with van der Waals surface area (Å²) in [6, 6.07) is 0. The summed E-state index contributed by atoms with van der Waals surface area (Å²) in [4.78, 5) is 10.5. The third kappa shape index (κ3) is 1.77. The van der Waals surface area contributed by atoms with E-state index in [1.165, 1.54) is 6.92 Å². The maximum Gasteiger partial charge on any atom is 0.243 e. The molecule has 0 fully saturated rings. The molecule has 0 atom stereocenters. The topological polar surface area (TPSA) is 61.6 Å². The van der Waals surface area contributed by atoms with Crippen molar-refractivity contribution in [2.24, 2.45) is 0 Å². The van der Waals surface area contributed by atoms with Gasteiger partial charge in [0.15, 0.2) is 0 Å². The molecule has 0 aliphatic carbocycles. The summed E-state index contributed by atoms with van der Waals surface area (Å²) in [5.74, 6) is 1.70. The van der Waals surface area contributed by atoms with Crippen LogP contribution >= 0.6 is 0 Å². The van der Waals surface area contributed by atoms with E-state index < -0.39 is 0 Å². The molecule has 5 nitrogen and oxygen atoms in total. The number of hydrogen-bond donors (Lipinski definition) is 0. The van der Waals surface area contributed by atoms with Gasteiger partial charge in [0.05, 0.1) is 18.1 Å². The van der Waals surface area contributed by atoms with E-state index in [-0.39, 0.29) is 10.6 Å². The quantitative estimate of drug-likeness (QED) is 0.606. The van der Waals surface area contributed by atoms with Crippen LogP contribution in [0.4, 0.5) is 0 Å². The van der Waals surface area contributed by atoms with Gasteiger partial charge >= 0.3 is 0 Å². The van der Waals surface area contributed by atoms with Crippen molar-refractivity contribution < 1.29 is 14.4 Å². The summed E-state index contributed by atoms with van der Waals surface area (Å²) in [7, 11) is 0. The van der Waals surface area contributed by atoms with Crippen LogP contribution in [-0.2, 0) is 12.8 Å². The van der Waals surface area contributed by atoms with E-state index in [4.69, 9.17) is 9.47 Å². The van der Waals surface area contributed by atoms with Crippen LogP contribution in [0.1, 0.15) is 29.2 Å². The summed E-state index contributed by atoms with van der Waals surface area (Å²) >= 11 is 0. The van der Waals surface area contributed by atoms with E-state index in [0.717, 1.165) is 46.6 Å². The monoisotopic (exact) mass is 261 g/mol. The van der Waals surface area contributed by atoms with Gasteiger partial charge in [0, 0.05) is 42.5 Å². The number of nitro groups is 1. The average molecular weight is 261 g/mol. The lowest BCUT2D eigenvalue weighted by molar-refractivity contribution is -0.422. The summed E-state index contributed by atoms with van der Waals surface area (Å²) in [5.41, 5.74) is 4.24. The van der Waals surface area contributed by atoms with E-state index in [1.807, 2.05) is 6.92 Å². The van der Waals surface area contributed by atoms with E-state index in [2.05, 4.69) is 0 Å². The second-order valence-electron chi connectivity index (χ2n) is 4.89. The zero-order valence-electron chi connectivity index (χ0n) is 11.0. The molecule has 0 saturated heterocycles. The van der Waals surface area contributed by atoms with Crippen molar-refractivity contribution in [2.45, 2.75) is 26.7 Å². The molecular weight excluding hydrogens is 246 g/mol. The fourth-order valence-electron chi connectivity index (χ4n) is 2.79. The maximum absolute atomic E-state index is 10.8. The number of hydrogen-bond acceptors (Lipinski definition) is 4. The highest BCUT2D eigenvalue weighted by Gasteiger charge is 2.29. The molecule has 100 valence electrons. The summed E-state index contributed by atoms with van der Waals surface area (Å²) in [6.07, 6.45) is 3.23. The first-order valence-corrected chi connectivity index (χ1v) is 6.36. The predicted molar refractivity (Wildman–Crippen MR) is 70.2 cm³/mol. The maximum atomic E-state index is 10.8. The number of rotatable bonds is 2. The molecule has 1 aromatic carbocycles. The highest BCUT2D eigenvalue weighted by Crippen LogP contribution is 2.44. The van der Waals surface area contributed by atoms with Gasteiger partial charge in [0.1, 0.15) is 11.5 Å². The van der Waals surface area contributed by atoms with Gasteiger partial charge in [-0.05, 0) is 12.5 Å². The Morgan fingerprint density at radius 2 is 1.84 bits per heavy atom. The normalized spacial score (nSPS) is 16.6. The highest BCUT2D eigenvalue weighted by atomic mass is 16.6. The lowest BCUT2D eigenvalue weighted by Gasteiger charge is -2.13. The average Bonchev–Trinajstić information content (AvgIpc) is 3.02. The third-order valence-corrected chi connectivity index (χ3v) is 3.75. The molecule has 0 amide bonds. The van der Waals surface area contributed by atoms with Gasteiger partial charge in [-0.15, -0.1) is 0 Å². The standard InChI is InChI=1S/C14H15NO4/c1-8(15(16)17)7-12-11-4-6-18-13(11)9(2)10-3-5-19-14(10)12/h7H,3-6H2,1-2H3/b8-7+. The Bertz CT molecular complexity index is 569. The van der Waals surface area contributed by atoms with E-state index in [0.29, 0.717) is 13.2 Å². The molecule has 3 rings (SSSR count). The second kappa shape index (κ2) is 4.26.